The number of hydrogen-bond donors (Lipinski definition) is 0. The van der Waals surface area contributed by atoms with Crippen LogP contribution in [0.5, 0.6) is 0 Å². The Labute approximate surface area is 200 Å². The van der Waals surface area contributed by atoms with Crippen LogP contribution in [0.4, 0.5) is 0 Å². The molecule has 0 saturated heterocycles. The Morgan fingerprint density at radius 3 is 2.18 bits per heavy atom. The number of rotatable bonds is 9. The number of ketones is 1. The molecule has 7 heteroatoms. The van der Waals surface area contributed by atoms with Gasteiger partial charge in [0.25, 0.3) is 0 Å². The Morgan fingerprint density at radius 2 is 1.67 bits per heavy atom. The topological polar surface area (TPSA) is 78.9 Å². The zero-order valence-electron chi connectivity index (χ0n) is 21.9. The third-order valence-corrected chi connectivity index (χ3v) is 11.2. The van der Waals surface area contributed by atoms with Crippen molar-refractivity contribution in [2.24, 2.45) is 11.8 Å². The number of carbonyl (C=O) groups excluding carboxylic acids is 3. The van der Waals surface area contributed by atoms with Crippen LogP contribution in [0.3, 0.4) is 0 Å². The Bertz CT molecular complexity index is 815. The summed E-state index contributed by atoms with van der Waals surface area (Å²) in [6.07, 6.45) is 5.60. The van der Waals surface area contributed by atoms with Gasteiger partial charge in [-0.05, 0) is 69.3 Å². The van der Waals surface area contributed by atoms with E-state index in [1.165, 1.54) is 20.1 Å². The van der Waals surface area contributed by atoms with Crippen molar-refractivity contribution in [3.8, 4) is 0 Å². The second-order valence-electron chi connectivity index (χ2n) is 10.6. The molecule has 33 heavy (non-hydrogen) atoms. The van der Waals surface area contributed by atoms with Crippen LogP contribution < -0.4 is 0 Å². The fraction of sp³-hybridized carbons (Fsp3) is 0.654. The molecule has 0 aromatic carbocycles. The van der Waals surface area contributed by atoms with Gasteiger partial charge < -0.3 is 13.9 Å². The zero-order valence-corrected chi connectivity index (χ0v) is 22.9. The molecule has 6 nitrogen and oxygen atoms in total. The molecule has 0 aromatic heterocycles. The van der Waals surface area contributed by atoms with Gasteiger partial charge >= 0.3 is 11.9 Å². The van der Waals surface area contributed by atoms with Gasteiger partial charge in [-0.25, -0.2) is 4.79 Å². The Balaban J connectivity index is 3.16. The summed E-state index contributed by atoms with van der Waals surface area (Å²) in [6, 6.07) is 0. The van der Waals surface area contributed by atoms with Crippen LogP contribution in [0.2, 0.25) is 18.1 Å². The highest BCUT2D eigenvalue weighted by atomic mass is 28.4. The largest absolute Gasteiger partial charge is 0.544 e. The van der Waals surface area contributed by atoms with Crippen LogP contribution in [-0.4, -0.2) is 39.3 Å². The summed E-state index contributed by atoms with van der Waals surface area (Å²) in [6.45, 7) is 20.0. The minimum Gasteiger partial charge on any atom is -0.544 e. The number of carbonyl (C=O) groups is 3. The van der Waals surface area contributed by atoms with E-state index in [9.17, 15) is 14.4 Å². The SMILES string of the molecule is C=C(/C=C(\C)[C@@H]1CCC[C@@H](OC(C)=O)[C@H]1CC(=O)/C=C(/C)C(=O)OC)O[Si](C)(C)C(C)(C)C. The molecule has 3 atom stereocenters. The molecule has 0 heterocycles. The summed E-state index contributed by atoms with van der Waals surface area (Å²) in [5.41, 5.74) is 1.31. The third-order valence-electron chi connectivity index (χ3n) is 6.80. The van der Waals surface area contributed by atoms with Crippen LogP contribution in [0, 0.1) is 11.8 Å². The predicted octanol–water partition coefficient (Wildman–Crippen LogP) is 5.89. The first-order valence-corrected chi connectivity index (χ1v) is 14.5. The lowest BCUT2D eigenvalue weighted by molar-refractivity contribution is -0.153. The fourth-order valence-electron chi connectivity index (χ4n) is 4.05. The van der Waals surface area contributed by atoms with E-state index in [0.29, 0.717) is 12.2 Å². The zero-order chi connectivity index (χ0) is 25.6. The van der Waals surface area contributed by atoms with Crippen molar-refractivity contribution in [1.29, 1.82) is 0 Å². The van der Waals surface area contributed by atoms with E-state index < -0.39 is 14.3 Å². The Hall–Kier alpha value is -2.15. The molecule has 186 valence electrons. The minimum atomic E-state index is -2.01. The van der Waals surface area contributed by atoms with Gasteiger partial charge in [0.1, 0.15) is 6.10 Å². The third kappa shape index (κ3) is 8.61. The summed E-state index contributed by atoms with van der Waals surface area (Å²) in [5.74, 6) is -0.592. The van der Waals surface area contributed by atoms with Gasteiger partial charge in [0.05, 0.1) is 12.9 Å². The van der Waals surface area contributed by atoms with E-state index >= 15 is 0 Å². The molecule has 0 N–H and O–H groups in total. The van der Waals surface area contributed by atoms with Crippen LogP contribution in [-0.2, 0) is 28.3 Å². The second kappa shape index (κ2) is 11.8. The summed E-state index contributed by atoms with van der Waals surface area (Å²) in [4.78, 5) is 36.2. The molecule has 1 fully saturated rings. The number of ether oxygens (including phenoxy) is 2. The molecule has 0 aliphatic heterocycles. The number of methoxy groups -OCH3 is 1. The maximum absolute atomic E-state index is 12.8. The van der Waals surface area contributed by atoms with Crippen molar-refractivity contribution < 1.29 is 28.3 Å². The maximum atomic E-state index is 12.8. The standard InChI is InChI=1S/C26H42O6Si/c1-17(14-19(3)32-33(9,10)26(5,6)7)22-12-11-13-24(31-20(4)27)23(22)16-21(28)15-18(2)25(29)30-8/h14-15,22-24H,3,11-13,16H2,1-2,4-10H3/b17-14+,18-15-/t22-,23-,24+/m0/s1. The molecule has 1 saturated carbocycles. The predicted molar refractivity (Wildman–Crippen MR) is 133 cm³/mol. The molecular formula is C26H42O6Si. The Morgan fingerprint density at radius 1 is 1.06 bits per heavy atom. The van der Waals surface area contributed by atoms with Crippen molar-refractivity contribution >= 4 is 26.0 Å². The molecule has 0 amide bonds. The van der Waals surface area contributed by atoms with Crippen molar-refractivity contribution in [2.45, 2.75) is 91.5 Å². The highest BCUT2D eigenvalue weighted by Crippen LogP contribution is 2.41. The average Bonchev–Trinajstić information content (AvgIpc) is 2.66. The van der Waals surface area contributed by atoms with Crippen molar-refractivity contribution in [3.05, 3.63) is 35.6 Å². The van der Waals surface area contributed by atoms with Gasteiger partial charge in [-0.3, -0.25) is 9.59 Å². The van der Waals surface area contributed by atoms with Gasteiger partial charge in [0, 0.05) is 24.8 Å². The van der Waals surface area contributed by atoms with Gasteiger partial charge in [-0.1, -0.05) is 32.9 Å². The van der Waals surface area contributed by atoms with Crippen molar-refractivity contribution in [1.82, 2.24) is 0 Å². The van der Waals surface area contributed by atoms with Gasteiger partial charge in [0.15, 0.2) is 5.78 Å². The lowest BCUT2D eigenvalue weighted by Gasteiger charge is -2.39. The fourth-order valence-corrected chi connectivity index (χ4v) is 5.07. The molecule has 1 rings (SSSR count). The summed E-state index contributed by atoms with van der Waals surface area (Å²) >= 11 is 0. The van der Waals surface area contributed by atoms with Crippen molar-refractivity contribution in [2.75, 3.05) is 7.11 Å². The first-order chi connectivity index (χ1) is 15.1. The van der Waals surface area contributed by atoms with Crippen molar-refractivity contribution in [3.63, 3.8) is 0 Å². The van der Waals surface area contributed by atoms with E-state index in [0.717, 1.165) is 18.4 Å². The lowest BCUT2D eigenvalue weighted by Crippen LogP contribution is -2.40. The second-order valence-corrected chi connectivity index (χ2v) is 15.3. The Kier molecular flexibility index (Phi) is 10.3. The van der Waals surface area contributed by atoms with Gasteiger partial charge in [-0.15, -0.1) is 0 Å². The highest BCUT2D eigenvalue weighted by molar-refractivity contribution is 6.74. The molecule has 0 radical (unpaired) electrons. The number of allylic oxidation sites excluding steroid dienone is 3. The van der Waals surface area contributed by atoms with E-state index in [4.69, 9.17) is 9.16 Å². The monoisotopic (exact) mass is 478 g/mol. The molecule has 1 aliphatic rings. The minimum absolute atomic E-state index is 0.0404. The van der Waals surface area contributed by atoms with Gasteiger partial charge in [-0.2, -0.15) is 0 Å². The lowest BCUT2D eigenvalue weighted by atomic mass is 9.71. The number of esters is 2. The summed E-state index contributed by atoms with van der Waals surface area (Å²) < 4.78 is 16.6. The quantitative estimate of drug-likeness (QED) is 0.135. The van der Waals surface area contributed by atoms with Crippen LogP contribution in [0.15, 0.2) is 35.6 Å². The van der Waals surface area contributed by atoms with Crippen LogP contribution in [0.25, 0.3) is 0 Å². The normalized spacial score (nSPS) is 22.4. The average molecular weight is 479 g/mol. The molecular weight excluding hydrogens is 436 g/mol. The number of hydrogen-bond acceptors (Lipinski definition) is 6. The van der Waals surface area contributed by atoms with Crippen LogP contribution >= 0.6 is 0 Å². The highest BCUT2D eigenvalue weighted by Gasteiger charge is 2.40. The van der Waals surface area contributed by atoms with Crippen LogP contribution in [0.1, 0.15) is 67.2 Å². The molecule has 0 unspecified atom stereocenters. The van der Waals surface area contributed by atoms with E-state index in [2.05, 4.69) is 45.2 Å². The first kappa shape index (κ1) is 28.9. The maximum Gasteiger partial charge on any atom is 0.333 e. The molecule has 0 aromatic rings. The van der Waals surface area contributed by atoms with Gasteiger partial charge in [0.2, 0.25) is 8.32 Å². The summed E-state index contributed by atoms with van der Waals surface area (Å²) in [5, 5.41) is 0.0573. The molecule has 0 bridgehead atoms. The smallest absolute Gasteiger partial charge is 0.333 e. The van der Waals surface area contributed by atoms with E-state index in [1.54, 1.807) is 6.92 Å². The first-order valence-electron chi connectivity index (χ1n) is 11.6. The summed E-state index contributed by atoms with van der Waals surface area (Å²) in [7, 11) is -0.732. The molecule has 1 aliphatic carbocycles. The van der Waals surface area contributed by atoms with E-state index in [-0.39, 0.29) is 46.7 Å². The van der Waals surface area contributed by atoms with E-state index in [1.807, 2.05) is 13.0 Å². The molecule has 0 spiro atoms.